The zero-order valence-corrected chi connectivity index (χ0v) is 10.0. The first-order valence-electron chi connectivity index (χ1n) is 5.55. The van der Waals surface area contributed by atoms with Crippen molar-refractivity contribution in [2.75, 3.05) is 7.11 Å². The van der Waals surface area contributed by atoms with Crippen LogP contribution in [0, 0.1) is 0 Å². The van der Waals surface area contributed by atoms with Crippen molar-refractivity contribution >= 4 is 16.9 Å². The first kappa shape index (κ1) is 11.3. The Kier molecular flexibility index (Phi) is 2.49. The normalized spacial score (nSPS) is 10.8. The molecule has 19 heavy (non-hydrogen) atoms. The minimum absolute atomic E-state index is 0.133. The predicted octanol–water partition coefficient (Wildman–Crippen LogP) is 2.53. The van der Waals surface area contributed by atoms with E-state index in [1.54, 1.807) is 19.4 Å². The van der Waals surface area contributed by atoms with Crippen LogP contribution in [0.1, 0.15) is 10.5 Å². The Balaban J connectivity index is 2.20. The number of carboxylic acids is 1. The van der Waals surface area contributed by atoms with Crippen LogP contribution in [0.25, 0.3) is 22.2 Å². The summed E-state index contributed by atoms with van der Waals surface area (Å²) in [5, 5.41) is 13.2. The van der Waals surface area contributed by atoms with E-state index in [4.69, 9.17) is 14.4 Å². The van der Waals surface area contributed by atoms with Crippen molar-refractivity contribution in [3.8, 4) is 17.1 Å². The Labute approximate surface area is 107 Å². The molecule has 0 bridgehead atoms. The maximum Gasteiger partial charge on any atom is 0.358 e. The largest absolute Gasteiger partial charge is 0.495 e. The number of methoxy groups -OCH3 is 1. The molecule has 0 spiro atoms. The van der Waals surface area contributed by atoms with E-state index < -0.39 is 5.97 Å². The highest BCUT2D eigenvalue weighted by molar-refractivity contribution is 5.93. The maximum absolute atomic E-state index is 10.8. The summed E-state index contributed by atoms with van der Waals surface area (Å²) < 4.78 is 10.4. The number of nitrogens with zero attached hydrogens (tertiary/aromatic N) is 1. The molecular weight excluding hydrogens is 248 g/mol. The molecule has 0 unspecified atom stereocenters. The average Bonchev–Trinajstić information content (AvgIpc) is 3.05. The number of carbonyl (C=O) groups is 1. The van der Waals surface area contributed by atoms with Crippen LogP contribution in [0.4, 0.5) is 0 Å². The number of aromatic carboxylic acids is 1. The van der Waals surface area contributed by atoms with Gasteiger partial charge < -0.3 is 19.4 Å². The zero-order valence-electron chi connectivity index (χ0n) is 10.0. The molecular formula is C13H10N2O4. The number of nitrogens with one attached hydrogen (secondary N) is 1. The van der Waals surface area contributed by atoms with Crippen LogP contribution in [0.3, 0.4) is 0 Å². The predicted molar refractivity (Wildman–Crippen MR) is 67.3 cm³/mol. The molecule has 0 radical (unpaired) electrons. The summed E-state index contributed by atoms with van der Waals surface area (Å²) in [4.78, 5) is 13.9. The molecule has 96 valence electrons. The summed E-state index contributed by atoms with van der Waals surface area (Å²) in [7, 11) is 1.56. The second kappa shape index (κ2) is 4.16. The lowest BCUT2D eigenvalue weighted by molar-refractivity contribution is 0.0686. The number of benzene rings is 1. The molecule has 3 aromatic rings. The Bertz CT molecular complexity index is 757. The van der Waals surface area contributed by atoms with E-state index in [1.807, 2.05) is 12.1 Å². The Morgan fingerprint density at radius 3 is 2.95 bits per heavy atom. The Morgan fingerprint density at radius 1 is 1.42 bits per heavy atom. The molecule has 0 amide bonds. The maximum atomic E-state index is 10.8. The minimum Gasteiger partial charge on any atom is -0.495 e. The number of rotatable bonds is 3. The van der Waals surface area contributed by atoms with Gasteiger partial charge in [-0.25, -0.2) is 4.79 Å². The fourth-order valence-corrected chi connectivity index (χ4v) is 2.02. The third-order valence-corrected chi connectivity index (χ3v) is 2.88. The standard InChI is InChI=1S/C13H10N2O4/c1-18-12-7-4-5-14-9(7)3-2-8(12)11-6-10(13(16)17)15-19-11/h2-6,14H,1H3,(H,16,17). The number of hydrogen-bond donors (Lipinski definition) is 2. The van der Waals surface area contributed by atoms with Crippen LogP contribution in [0.5, 0.6) is 5.75 Å². The van der Waals surface area contributed by atoms with E-state index in [0.717, 1.165) is 10.9 Å². The Morgan fingerprint density at radius 2 is 2.26 bits per heavy atom. The van der Waals surface area contributed by atoms with Gasteiger partial charge in [0.2, 0.25) is 0 Å². The fraction of sp³-hybridized carbons (Fsp3) is 0.0769. The number of ether oxygens (including phenoxy) is 1. The average molecular weight is 258 g/mol. The van der Waals surface area contributed by atoms with Crippen molar-refractivity contribution in [1.82, 2.24) is 10.1 Å². The van der Waals surface area contributed by atoms with Gasteiger partial charge in [-0.05, 0) is 18.2 Å². The van der Waals surface area contributed by atoms with Crippen molar-refractivity contribution in [2.45, 2.75) is 0 Å². The van der Waals surface area contributed by atoms with Gasteiger partial charge in [-0.2, -0.15) is 0 Å². The van der Waals surface area contributed by atoms with E-state index in [1.165, 1.54) is 6.07 Å². The van der Waals surface area contributed by atoms with Gasteiger partial charge in [0, 0.05) is 23.2 Å². The van der Waals surface area contributed by atoms with E-state index in [9.17, 15) is 4.79 Å². The molecule has 1 aromatic carbocycles. The smallest absolute Gasteiger partial charge is 0.358 e. The van der Waals surface area contributed by atoms with Crippen molar-refractivity contribution in [1.29, 1.82) is 0 Å². The molecule has 6 heteroatoms. The summed E-state index contributed by atoms with van der Waals surface area (Å²) in [6.45, 7) is 0. The molecule has 0 saturated carbocycles. The summed E-state index contributed by atoms with van der Waals surface area (Å²) >= 11 is 0. The van der Waals surface area contributed by atoms with Crippen LogP contribution >= 0.6 is 0 Å². The molecule has 0 fully saturated rings. The molecule has 0 saturated heterocycles. The zero-order chi connectivity index (χ0) is 13.4. The highest BCUT2D eigenvalue weighted by Gasteiger charge is 2.17. The summed E-state index contributed by atoms with van der Waals surface area (Å²) in [6, 6.07) is 6.92. The third kappa shape index (κ3) is 1.74. The first-order valence-corrected chi connectivity index (χ1v) is 5.55. The summed E-state index contributed by atoms with van der Waals surface area (Å²) in [6.07, 6.45) is 1.81. The number of carboxylic acid groups (broad SMARTS) is 1. The van der Waals surface area contributed by atoms with E-state index in [0.29, 0.717) is 17.1 Å². The second-order valence-electron chi connectivity index (χ2n) is 3.97. The van der Waals surface area contributed by atoms with E-state index in [2.05, 4.69) is 10.1 Å². The van der Waals surface area contributed by atoms with Gasteiger partial charge in [0.25, 0.3) is 0 Å². The lowest BCUT2D eigenvalue weighted by Gasteiger charge is -2.06. The number of aromatic amines is 1. The highest BCUT2D eigenvalue weighted by Crippen LogP contribution is 2.36. The minimum atomic E-state index is -1.13. The van der Waals surface area contributed by atoms with E-state index in [-0.39, 0.29) is 5.69 Å². The topological polar surface area (TPSA) is 88.3 Å². The van der Waals surface area contributed by atoms with Crippen LogP contribution in [-0.4, -0.2) is 28.3 Å². The van der Waals surface area contributed by atoms with Gasteiger partial charge >= 0.3 is 5.97 Å². The Hall–Kier alpha value is -2.76. The van der Waals surface area contributed by atoms with Gasteiger partial charge in [0.05, 0.1) is 12.7 Å². The van der Waals surface area contributed by atoms with E-state index >= 15 is 0 Å². The highest BCUT2D eigenvalue weighted by atomic mass is 16.5. The number of aromatic nitrogens is 2. The second-order valence-corrected chi connectivity index (χ2v) is 3.97. The van der Waals surface area contributed by atoms with Gasteiger partial charge in [0.1, 0.15) is 5.75 Å². The lowest BCUT2D eigenvalue weighted by atomic mass is 10.1. The fourth-order valence-electron chi connectivity index (χ4n) is 2.02. The molecule has 0 aliphatic heterocycles. The van der Waals surface area contributed by atoms with Crippen molar-refractivity contribution in [2.24, 2.45) is 0 Å². The van der Waals surface area contributed by atoms with Crippen molar-refractivity contribution in [3.63, 3.8) is 0 Å². The van der Waals surface area contributed by atoms with Crippen LogP contribution in [0.15, 0.2) is 35.0 Å². The third-order valence-electron chi connectivity index (χ3n) is 2.88. The number of hydrogen-bond acceptors (Lipinski definition) is 4. The van der Waals surface area contributed by atoms with Gasteiger partial charge in [0.15, 0.2) is 11.5 Å². The lowest BCUT2D eigenvalue weighted by Crippen LogP contribution is -1.94. The molecule has 0 aliphatic carbocycles. The van der Waals surface area contributed by atoms with Crippen LogP contribution < -0.4 is 4.74 Å². The first-order chi connectivity index (χ1) is 9.20. The van der Waals surface area contributed by atoms with Gasteiger partial charge in [-0.15, -0.1) is 0 Å². The molecule has 3 rings (SSSR count). The molecule has 2 heterocycles. The molecule has 6 nitrogen and oxygen atoms in total. The van der Waals surface area contributed by atoms with Gasteiger partial charge in [-0.1, -0.05) is 5.16 Å². The number of fused-ring (bicyclic) bond motifs is 1. The quantitative estimate of drug-likeness (QED) is 0.753. The molecule has 2 aromatic heterocycles. The molecule has 0 aliphatic rings. The van der Waals surface area contributed by atoms with Gasteiger partial charge in [-0.3, -0.25) is 0 Å². The molecule has 0 atom stereocenters. The molecule has 2 N–H and O–H groups in total. The SMILES string of the molecule is COc1c(-c2cc(C(=O)O)no2)ccc2[nH]ccc12. The van der Waals surface area contributed by atoms with Crippen molar-refractivity contribution < 1.29 is 19.2 Å². The summed E-state index contributed by atoms with van der Waals surface area (Å²) in [5.41, 5.74) is 1.46. The monoisotopic (exact) mass is 258 g/mol. The van der Waals surface area contributed by atoms with Crippen molar-refractivity contribution in [3.05, 3.63) is 36.2 Å². The van der Waals surface area contributed by atoms with Crippen LogP contribution in [0.2, 0.25) is 0 Å². The van der Waals surface area contributed by atoms with Crippen LogP contribution in [-0.2, 0) is 0 Å². The number of H-pyrrole nitrogens is 1. The summed E-state index contributed by atoms with van der Waals surface area (Å²) in [5.74, 6) is -0.152.